The van der Waals surface area contributed by atoms with Crippen LogP contribution >= 0.6 is 0 Å². The summed E-state index contributed by atoms with van der Waals surface area (Å²) >= 11 is 0. The minimum atomic E-state index is -0.308. The number of benzene rings is 1. The SMILES string of the molecule is Cc1nn(C)c(C)c1CCNC(=O)c1cnn(-c2ccc(F)cc2)c1C. The molecule has 2 heterocycles. The highest BCUT2D eigenvalue weighted by Crippen LogP contribution is 2.15. The molecule has 0 bridgehead atoms. The van der Waals surface area contributed by atoms with Gasteiger partial charge in [-0.2, -0.15) is 10.2 Å². The smallest absolute Gasteiger partial charge is 0.254 e. The number of aromatic nitrogens is 4. The van der Waals surface area contributed by atoms with E-state index in [-0.39, 0.29) is 11.7 Å². The van der Waals surface area contributed by atoms with Gasteiger partial charge < -0.3 is 5.32 Å². The van der Waals surface area contributed by atoms with Crippen molar-refractivity contribution in [1.29, 1.82) is 0 Å². The lowest BCUT2D eigenvalue weighted by Gasteiger charge is -2.07. The Balaban J connectivity index is 1.68. The molecule has 2 aromatic heterocycles. The van der Waals surface area contributed by atoms with E-state index in [1.165, 1.54) is 18.3 Å². The molecule has 1 amide bonds. The Morgan fingerprint density at radius 1 is 1.15 bits per heavy atom. The summed E-state index contributed by atoms with van der Waals surface area (Å²) < 4.78 is 16.6. The number of rotatable bonds is 5. The third kappa shape index (κ3) is 3.37. The van der Waals surface area contributed by atoms with E-state index in [4.69, 9.17) is 0 Å². The largest absolute Gasteiger partial charge is 0.352 e. The first-order chi connectivity index (χ1) is 12.4. The second-order valence-corrected chi connectivity index (χ2v) is 6.31. The van der Waals surface area contributed by atoms with Crippen molar-refractivity contribution in [2.24, 2.45) is 7.05 Å². The molecule has 6 nitrogen and oxygen atoms in total. The fourth-order valence-corrected chi connectivity index (χ4v) is 3.05. The van der Waals surface area contributed by atoms with Gasteiger partial charge in [0.2, 0.25) is 0 Å². The molecule has 0 aliphatic carbocycles. The van der Waals surface area contributed by atoms with E-state index in [2.05, 4.69) is 15.5 Å². The highest BCUT2D eigenvalue weighted by Gasteiger charge is 2.16. The summed E-state index contributed by atoms with van der Waals surface area (Å²) in [5, 5.41) is 11.6. The molecule has 26 heavy (non-hydrogen) atoms. The minimum Gasteiger partial charge on any atom is -0.352 e. The van der Waals surface area contributed by atoms with Gasteiger partial charge in [-0.25, -0.2) is 9.07 Å². The van der Waals surface area contributed by atoms with E-state index in [9.17, 15) is 9.18 Å². The van der Waals surface area contributed by atoms with Crippen molar-refractivity contribution in [3.05, 3.63) is 64.5 Å². The fraction of sp³-hybridized carbons (Fsp3) is 0.316. The van der Waals surface area contributed by atoms with Gasteiger partial charge in [0.15, 0.2) is 0 Å². The average Bonchev–Trinajstić information content (AvgIpc) is 3.10. The Bertz CT molecular complexity index is 940. The Hall–Kier alpha value is -2.96. The Kier molecular flexibility index (Phi) is 4.88. The van der Waals surface area contributed by atoms with Crippen LogP contribution in [0.3, 0.4) is 0 Å². The van der Waals surface area contributed by atoms with Crippen molar-refractivity contribution < 1.29 is 9.18 Å². The zero-order valence-corrected chi connectivity index (χ0v) is 15.4. The van der Waals surface area contributed by atoms with Gasteiger partial charge in [0.1, 0.15) is 5.82 Å². The maximum absolute atomic E-state index is 13.1. The van der Waals surface area contributed by atoms with Gasteiger partial charge in [-0.3, -0.25) is 9.48 Å². The molecule has 3 rings (SSSR count). The number of aryl methyl sites for hydroxylation is 2. The van der Waals surface area contributed by atoms with Gasteiger partial charge in [-0.15, -0.1) is 0 Å². The van der Waals surface area contributed by atoms with Gasteiger partial charge >= 0.3 is 0 Å². The molecule has 1 aromatic carbocycles. The summed E-state index contributed by atoms with van der Waals surface area (Å²) in [4.78, 5) is 12.5. The van der Waals surface area contributed by atoms with Gasteiger partial charge in [0, 0.05) is 19.3 Å². The Morgan fingerprint density at radius 2 is 1.85 bits per heavy atom. The number of nitrogens with zero attached hydrogens (tertiary/aromatic N) is 4. The average molecular weight is 355 g/mol. The monoisotopic (exact) mass is 355 g/mol. The van der Waals surface area contributed by atoms with Crippen LogP contribution in [0.15, 0.2) is 30.5 Å². The predicted octanol–water partition coefficient (Wildman–Crippen LogP) is 2.64. The second kappa shape index (κ2) is 7.11. The van der Waals surface area contributed by atoms with Crippen LogP contribution in [0.1, 0.15) is 33.0 Å². The maximum Gasteiger partial charge on any atom is 0.254 e. The summed E-state index contributed by atoms with van der Waals surface area (Å²) in [6.07, 6.45) is 2.26. The molecule has 3 aromatic rings. The molecule has 0 spiro atoms. The molecule has 0 saturated carbocycles. The number of amides is 1. The van der Waals surface area contributed by atoms with E-state index in [1.807, 2.05) is 32.5 Å². The van der Waals surface area contributed by atoms with Gasteiger partial charge in [0.25, 0.3) is 5.91 Å². The minimum absolute atomic E-state index is 0.171. The van der Waals surface area contributed by atoms with Crippen LogP contribution in [0.5, 0.6) is 0 Å². The molecule has 0 radical (unpaired) electrons. The van der Waals surface area contributed by atoms with E-state index >= 15 is 0 Å². The quantitative estimate of drug-likeness (QED) is 0.765. The fourth-order valence-electron chi connectivity index (χ4n) is 3.05. The van der Waals surface area contributed by atoms with Crippen molar-refractivity contribution in [2.45, 2.75) is 27.2 Å². The van der Waals surface area contributed by atoms with E-state index in [0.29, 0.717) is 23.5 Å². The molecule has 0 saturated heterocycles. The van der Waals surface area contributed by atoms with Crippen LogP contribution in [0, 0.1) is 26.6 Å². The van der Waals surface area contributed by atoms with Crippen LogP contribution in [0.4, 0.5) is 4.39 Å². The number of carbonyl (C=O) groups is 1. The van der Waals surface area contributed by atoms with Crippen molar-refractivity contribution in [2.75, 3.05) is 6.54 Å². The normalized spacial score (nSPS) is 11.0. The number of halogens is 1. The van der Waals surface area contributed by atoms with Gasteiger partial charge in [-0.1, -0.05) is 0 Å². The molecule has 0 aliphatic rings. The molecule has 7 heteroatoms. The van der Waals surface area contributed by atoms with Crippen molar-refractivity contribution in [1.82, 2.24) is 24.9 Å². The molecule has 0 aliphatic heterocycles. The summed E-state index contributed by atoms with van der Waals surface area (Å²) in [5.74, 6) is -0.479. The second-order valence-electron chi connectivity index (χ2n) is 6.31. The van der Waals surface area contributed by atoms with Crippen LogP contribution in [0.25, 0.3) is 5.69 Å². The highest BCUT2D eigenvalue weighted by molar-refractivity contribution is 5.95. The molecule has 0 atom stereocenters. The third-order valence-corrected chi connectivity index (χ3v) is 4.65. The highest BCUT2D eigenvalue weighted by atomic mass is 19.1. The summed E-state index contributed by atoms with van der Waals surface area (Å²) in [7, 11) is 1.91. The molecule has 1 N–H and O–H groups in total. The lowest BCUT2D eigenvalue weighted by Crippen LogP contribution is -2.26. The predicted molar refractivity (Wildman–Crippen MR) is 97.0 cm³/mol. The van der Waals surface area contributed by atoms with Crippen LogP contribution in [-0.2, 0) is 13.5 Å². The molecule has 0 unspecified atom stereocenters. The van der Waals surface area contributed by atoms with Crippen molar-refractivity contribution in [3.8, 4) is 5.69 Å². The molecule has 0 fully saturated rings. The van der Waals surface area contributed by atoms with Crippen molar-refractivity contribution in [3.63, 3.8) is 0 Å². The number of carbonyl (C=O) groups excluding carboxylic acids is 1. The first-order valence-corrected chi connectivity index (χ1v) is 8.46. The summed E-state index contributed by atoms with van der Waals surface area (Å²) in [6.45, 7) is 6.34. The standard InChI is InChI=1S/C19H22FN5O/c1-12-17(13(2)24(4)23-12)9-10-21-19(26)18-11-22-25(14(18)3)16-7-5-15(20)6-8-16/h5-8,11H,9-10H2,1-4H3,(H,21,26). The van der Waals surface area contributed by atoms with Gasteiger partial charge in [-0.05, 0) is 57.0 Å². The first kappa shape index (κ1) is 17.8. The summed E-state index contributed by atoms with van der Waals surface area (Å²) in [6, 6.07) is 6.00. The summed E-state index contributed by atoms with van der Waals surface area (Å²) in [5.41, 5.74) is 5.18. The van der Waals surface area contributed by atoms with E-state index in [0.717, 1.165) is 23.4 Å². The lowest BCUT2D eigenvalue weighted by molar-refractivity contribution is 0.0953. The van der Waals surface area contributed by atoms with Crippen molar-refractivity contribution >= 4 is 5.91 Å². The van der Waals surface area contributed by atoms with Crippen LogP contribution < -0.4 is 5.32 Å². The maximum atomic E-state index is 13.1. The lowest BCUT2D eigenvalue weighted by atomic mass is 10.1. The number of hydrogen-bond donors (Lipinski definition) is 1. The molecule has 136 valence electrons. The Labute approximate surface area is 151 Å². The van der Waals surface area contributed by atoms with Gasteiger partial charge in [0.05, 0.1) is 28.8 Å². The first-order valence-electron chi connectivity index (χ1n) is 8.46. The Morgan fingerprint density at radius 3 is 2.46 bits per heavy atom. The topological polar surface area (TPSA) is 64.7 Å². The third-order valence-electron chi connectivity index (χ3n) is 4.65. The zero-order chi connectivity index (χ0) is 18.8. The van der Waals surface area contributed by atoms with Crippen LogP contribution in [-0.4, -0.2) is 32.0 Å². The van der Waals surface area contributed by atoms with Crippen LogP contribution in [0.2, 0.25) is 0 Å². The number of nitrogens with one attached hydrogen (secondary N) is 1. The zero-order valence-electron chi connectivity index (χ0n) is 15.4. The number of hydrogen-bond acceptors (Lipinski definition) is 3. The van der Waals surface area contributed by atoms with E-state index < -0.39 is 0 Å². The molecular weight excluding hydrogens is 333 g/mol. The molecular formula is C19H22FN5O. The van der Waals surface area contributed by atoms with E-state index in [1.54, 1.807) is 16.8 Å².